The highest BCUT2D eigenvalue weighted by Gasteiger charge is 2.00. The fourth-order valence-electron chi connectivity index (χ4n) is 0.815. The van der Waals surface area contributed by atoms with Crippen molar-refractivity contribution in [3.8, 4) is 5.75 Å². The SMILES string of the molecule is CCCOc1cc(S)ccc1Cl. The minimum atomic E-state index is 0.640. The van der Waals surface area contributed by atoms with E-state index in [4.69, 9.17) is 16.3 Å². The number of thiol groups is 1. The zero-order chi connectivity index (χ0) is 8.97. The zero-order valence-corrected chi connectivity index (χ0v) is 8.53. The second kappa shape index (κ2) is 4.63. The molecule has 3 heteroatoms. The quantitative estimate of drug-likeness (QED) is 0.740. The van der Waals surface area contributed by atoms with Gasteiger partial charge in [-0.25, -0.2) is 0 Å². The first-order valence-electron chi connectivity index (χ1n) is 3.85. The summed E-state index contributed by atoms with van der Waals surface area (Å²) in [7, 11) is 0. The second-order valence-corrected chi connectivity index (χ2v) is 3.39. The summed E-state index contributed by atoms with van der Waals surface area (Å²) in [4.78, 5) is 0.866. The van der Waals surface area contributed by atoms with Crippen molar-refractivity contribution < 1.29 is 4.74 Å². The summed E-state index contributed by atoms with van der Waals surface area (Å²) in [5.74, 6) is 0.714. The van der Waals surface area contributed by atoms with Gasteiger partial charge in [-0.2, -0.15) is 0 Å². The molecule has 0 saturated carbocycles. The molecular formula is C9H11ClOS. The number of hydrogen-bond donors (Lipinski definition) is 1. The first-order chi connectivity index (χ1) is 5.74. The van der Waals surface area contributed by atoms with Gasteiger partial charge in [0.2, 0.25) is 0 Å². The average Bonchev–Trinajstić information content (AvgIpc) is 2.07. The van der Waals surface area contributed by atoms with Gasteiger partial charge in [-0.1, -0.05) is 18.5 Å². The Morgan fingerprint density at radius 3 is 2.92 bits per heavy atom. The second-order valence-electron chi connectivity index (χ2n) is 2.46. The molecule has 0 heterocycles. The van der Waals surface area contributed by atoms with E-state index in [1.807, 2.05) is 12.1 Å². The molecule has 0 aliphatic heterocycles. The summed E-state index contributed by atoms with van der Waals surface area (Å²) in [6.07, 6.45) is 0.979. The molecule has 1 nitrogen and oxygen atoms in total. The van der Waals surface area contributed by atoms with E-state index in [1.165, 1.54) is 0 Å². The Balaban J connectivity index is 2.75. The van der Waals surface area contributed by atoms with Crippen LogP contribution in [0.1, 0.15) is 13.3 Å². The van der Waals surface area contributed by atoms with Gasteiger partial charge in [-0.05, 0) is 24.6 Å². The number of benzene rings is 1. The van der Waals surface area contributed by atoms with Gasteiger partial charge in [0.05, 0.1) is 11.6 Å². The highest BCUT2D eigenvalue weighted by molar-refractivity contribution is 7.80. The lowest BCUT2D eigenvalue weighted by Crippen LogP contribution is -1.95. The predicted molar refractivity (Wildman–Crippen MR) is 54.5 cm³/mol. The molecule has 0 aromatic heterocycles. The van der Waals surface area contributed by atoms with Gasteiger partial charge in [0.1, 0.15) is 5.75 Å². The molecule has 0 fully saturated rings. The summed E-state index contributed by atoms with van der Waals surface area (Å²) in [5, 5.41) is 0.640. The van der Waals surface area contributed by atoms with Crippen molar-refractivity contribution in [3.63, 3.8) is 0 Å². The molecule has 0 radical (unpaired) electrons. The maximum Gasteiger partial charge on any atom is 0.138 e. The van der Waals surface area contributed by atoms with Crippen molar-refractivity contribution in [2.24, 2.45) is 0 Å². The fraction of sp³-hybridized carbons (Fsp3) is 0.333. The van der Waals surface area contributed by atoms with Crippen LogP contribution in [0.4, 0.5) is 0 Å². The highest BCUT2D eigenvalue weighted by atomic mass is 35.5. The topological polar surface area (TPSA) is 9.23 Å². The molecule has 0 N–H and O–H groups in total. The van der Waals surface area contributed by atoms with E-state index in [-0.39, 0.29) is 0 Å². The lowest BCUT2D eigenvalue weighted by Gasteiger charge is -2.06. The number of halogens is 1. The van der Waals surface area contributed by atoms with Crippen LogP contribution in [0.3, 0.4) is 0 Å². The maximum atomic E-state index is 5.87. The molecule has 0 spiro atoms. The summed E-state index contributed by atoms with van der Waals surface area (Å²) >= 11 is 10.1. The van der Waals surface area contributed by atoms with Crippen LogP contribution in [0.2, 0.25) is 5.02 Å². The molecule has 0 saturated heterocycles. The van der Waals surface area contributed by atoms with Gasteiger partial charge < -0.3 is 4.74 Å². The predicted octanol–water partition coefficient (Wildman–Crippen LogP) is 3.42. The normalized spacial score (nSPS) is 9.92. The standard InChI is InChI=1S/C9H11ClOS/c1-2-5-11-9-6-7(12)3-4-8(9)10/h3-4,6,12H,2,5H2,1H3. The van der Waals surface area contributed by atoms with E-state index in [2.05, 4.69) is 19.6 Å². The first kappa shape index (κ1) is 9.75. The third-order valence-corrected chi connectivity index (χ3v) is 1.97. The van der Waals surface area contributed by atoms with Crippen LogP contribution >= 0.6 is 24.2 Å². The molecule has 0 amide bonds. The van der Waals surface area contributed by atoms with Crippen LogP contribution < -0.4 is 4.74 Å². The van der Waals surface area contributed by atoms with Gasteiger partial charge in [0.25, 0.3) is 0 Å². The largest absolute Gasteiger partial charge is 0.492 e. The minimum absolute atomic E-state index is 0.640. The zero-order valence-electron chi connectivity index (χ0n) is 6.88. The van der Waals surface area contributed by atoms with Crippen LogP contribution in [-0.2, 0) is 0 Å². The van der Waals surface area contributed by atoms with Gasteiger partial charge in [0, 0.05) is 4.90 Å². The van der Waals surface area contributed by atoms with Crippen molar-refractivity contribution in [3.05, 3.63) is 23.2 Å². The minimum Gasteiger partial charge on any atom is -0.492 e. The Bertz CT molecular complexity index is 263. The van der Waals surface area contributed by atoms with E-state index in [9.17, 15) is 0 Å². The van der Waals surface area contributed by atoms with E-state index in [1.54, 1.807) is 6.07 Å². The molecule has 0 atom stereocenters. The highest BCUT2D eigenvalue weighted by Crippen LogP contribution is 2.26. The molecule has 0 aliphatic rings. The maximum absolute atomic E-state index is 5.87. The Morgan fingerprint density at radius 1 is 1.50 bits per heavy atom. The number of rotatable bonds is 3. The van der Waals surface area contributed by atoms with E-state index in [0.717, 1.165) is 11.3 Å². The summed E-state index contributed by atoms with van der Waals surface area (Å²) < 4.78 is 5.39. The van der Waals surface area contributed by atoms with Crippen molar-refractivity contribution in [1.82, 2.24) is 0 Å². The molecule has 1 aromatic rings. The van der Waals surface area contributed by atoms with E-state index >= 15 is 0 Å². The monoisotopic (exact) mass is 202 g/mol. The Labute approximate surface area is 83.1 Å². The van der Waals surface area contributed by atoms with Crippen LogP contribution in [-0.4, -0.2) is 6.61 Å². The van der Waals surface area contributed by atoms with Crippen LogP contribution in [0, 0.1) is 0 Å². The Morgan fingerprint density at radius 2 is 2.25 bits per heavy atom. The summed E-state index contributed by atoms with van der Waals surface area (Å²) in [6, 6.07) is 5.44. The molecule has 12 heavy (non-hydrogen) atoms. The molecule has 0 aliphatic carbocycles. The van der Waals surface area contributed by atoms with Gasteiger partial charge in [-0.15, -0.1) is 12.6 Å². The lowest BCUT2D eigenvalue weighted by molar-refractivity contribution is 0.317. The van der Waals surface area contributed by atoms with E-state index < -0.39 is 0 Å². The molecular weight excluding hydrogens is 192 g/mol. The molecule has 0 bridgehead atoms. The van der Waals surface area contributed by atoms with Crippen molar-refractivity contribution >= 4 is 24.2 Å². The molecule has 1 rings (SSSR count). The Kier molecular flexibility index (Phi) is 3.76. The van der Waals surface area contributed by atoms with Gasteiger partial charge >= 0.3 is 0 Å². The summed E-state index contributed by atoms with van der Waals surface area (Å²) in [5.41, 5.74) is 0. The number of ether oxygens (including phenoxy) is 1. The van der Waals surface area contributed by atoms with Crippen LogP contribution in [0.15, 0.2) is 23.1 Å². The van der Waals surface area contributed by atoms with Crippen molar-refractivity contribution in [2.45, 2.75) is 18.2 Å². The summed E-state index contributed by atoms with van der Waals surface area (Å²) in [6.45, 7) is 2.75. The first-order valence-corrected chi connectivity index (χ1v) is 4.68. The molecule has 1 aromatic carbocycles. The Hall–Kier alpha value is -0.340. The van der Waals surface area contributed by atoms with Gasteiger partial charge in [0.15, 0.2) is 0 Å². The fourth-order valence-corrected chi connectivity index (χ4v) is 1.18. The number of hydrogen-bond acceptors (Lipinski definition) is 2. The molecule has 0 unspecified atom stereocenters. The van der Waals surface area contributed by atoms with Crippen molar-refractivity contribution in [1.29, 1.82) is 0 Å². The average molecular weight is 203 g/mol. The third-order valence-electron chi connectivity index (χ3n) is 1.38. The third kappa shape index (κ3) is 2.61. The van der Waals surface area contributed by atoms with Crippen LogP contribution in [0.25, 0.3) is 0 Å². The van der Waals surface area contributed by atoms with E-state index in [0.29, 0.717) is 17.4 Å². The van der Waals surface area contributed by atoms with Gasteiger partial charge in [-0.3, -0.25) is 0 Å². The smallest absolute Gasteiger partial charge is 0.138 e. The van der Waals surface area contributed by atoms with Crippen LogP contribution in [0.5, 0.6) is 5.75 Å². The lowest BCUT2D eigenvalue weighted by atomic mass is 10.3. The van der Waals surface area contributed by atoms with Crippen molar-refractivity contribution in [2.75, 3.05) is 6.61 Å². The molecule has 66 valence electrons.